The zero-order chi connectivity index (χ0) is 17.8. The summed E-state index contributed by atoms with van der Waals surface area (Å²) in [5, 5.41) is 4.16. The van der Waals surface area contributed by atoms with Crippen LogP contribution in [0.3, 0.4) is 0 Å². The second-order valence-electron chi connectivity index (χ2n) is 6.29. The van der Waals surface area contributed by atoms with Crippen molar-refractivity contribution < 1.29 is 14.0 Å². The maximum Gasteiger partial charge on any atom is 0.245 e. The second kappa shape index (κ2) is 7.34. The second-order valence-corrected chi connectivity index (χ2v) is 6.29. The molecule has 1 aromatic carbocycles. The van der Waals surface area contributed by atoms with E-state index in [-0.39, 0.29) is 18.2 Å². The van der Waals surface area contributed by atoms with Gasteiger partial charge in [-0.2, -0.15) is 5.10 Å². The first-order valence-electron chi connectivity index (χ1n) is 8.24. The summed E-state index contributed by atoms with van der Waals surface area (Å²) < 4.78 is 5.26. The van der Waals surface area contributed by atoms with Gasteiger partial charge in [0.15, 0.2) is 0 Å². The minimum Gasteiger partial charge on any atom is -0.467 e. The Morgan fingerprint density at radius 2 is 2.08 bits per heavy atom. The van der Waals surface area contributed by atoms with Crippen LogP contribution in [-0.2, 0) is 16.1 Å². The van der Waals surface area contributed by atoms with Crippen LogP contribution in [0.4, 0.5) is 0 Å². The summed E-state index contributed by atoms with van der Waals surface area (Å²) in [6.07, 6.45) is 1.77. The maximum atomic E-state index is 12.3. The Labute approximate surface area is 146 Å². The van der Waals surface area contributed by atoms with Gasteiger partial charge in [-0.1, -0.05) is 29.8 Å². The van der Waals surface area contributed by atoms with Gasteiger partial charge in [-0.3, -0.25) is 9.59 Å². The van der Waals surface area contributed by atoms with Crippen LogP contribution in [0.1, 0.15) is 30.2 Å². The third-order valence-corrected chi connectivity index (χ3v) is 4.32. The maximum absolute atomic E-state index is 12.3. The molecule has 1 atom stereocenters. The SMILES string of the molecule is C/C(=N\NC(=O)C1CC(=O)N(Cc2ccco2)C1)c1ccc(C)cc1. The van der Waals surface area contributed by atoms with Gasteiger partial charge in [0.25, 0.3) is 0 Å². The van der Waals surface area contributed by atoms with Crippen LogP contribution in [0.25, 0.3) is 0 Å². The van der Waals surface area contributed by atoms with E-state index in [4.69, 9.17) is 4.42 Å². The Morgan fingerprint density at radius 3 is 2.76 bits per heavy atom. The minimum absolute atomic E-state index is 0.0456. The lowest BCUT2D eigenvalue weighted by atomic mass is 10.1. The van der Waals surface area contributed by atoms with Gasteiger partial charge in [0.2, 0.25) is 11.8 Å². The molecule has 1 aliphatic heterocycles. The number of benzene rings is 1. The topological polar surface area (TPSA) is 74.9 Å². The van der Waals surface area contributed by atoms with Crippen molar-refractivity contribution in [1.82, 2.24) is 10.3 Å². The smallest absolute Gasteiger partial charge is 0.245 e. The van der Waals surface area contributed by atoms with E-state index in [2.05, 4.69) is 10.5 Å². The van der Waals surface area contributed by atoms with Crippen molar-refractivity contribution in [2.24, 2.45) is 11.0 Å². The zero-order valence-electron chi connectivity index (χ0n) is 14.4. The normalized spacial score (nSPS) is 17.8. The standard InChI is InChI=1S/C19H21N3O3/c1-13-5-7-15(8-6-13)14(2)20-21-19(24)16-10-18(23)22(11-16)12-17-4-3-9-25-17/h3-9,16H,10-12H2,1-2H3,(H,21,24)/b20-14+. The number of hydrazone groups is 1. The van der Waals surface area contributed by atoms with Gasteiger partial charge < -0.3 is 9.32 Å². The fourth-order valence-electron chi connectivity index (χ4n) is 2.78. The highest BCUT2D eigenvalue weighted by atomic mass is 16.3. The summed E-state index contributed by atoms with van der Waals surface area (Å²) in [4.78, 5) is 26.0. The summed E-state index contributed by atoms with van der Waals surface area (Å²) in [5.74, 6) is 0.0391. The lowest BCUT2D eigenvalue weighted by Gasteiger charge is -2.14. The van der Waals surface area contributed by atoms with Gasteiger partial charge in [0.05, 0.1) is 24.4 Å². The average Bonchev–Trinajstić information content (AvgIpc) is 3.24. The molecule has 2 aromatic rings. The van der Waals surface area contributed by atoms with Crippen LogP contribution in [0.2, 0.25) is 0 Å². The van der Waals surface area contributed by atoms with Crippen molar-refractivity contribution in [3.05, 3.63) is 59.5 Å². The van der Waals surface area contributed by atoms with Crippen molar-refractivity contribution in [2.45, 2.75) is 26.8 Å². The number of amides is 2. The van der Waals surface area contributed by atoms with Crippen LogP contribution >= 0.6 is 0 Å². The zero-order valence-corrected chi connectivity index (χ0v) is 14.4. The number of hydrogen-bond donors (Lipinski definition) is 1. The first-order chi connectivity index (χ1) is 12.0. The van der Waals surface area contributed by atoms with E-state index < -0.39 is 5.92 Å². The molecule has 1 fully saturated rings. The minimum atomic E-state index is -0.392. The van der Waals surface area contributed by atoms with E-state index in [0.29, 0.717) is 18.8 Å². The number of carbonyl (C=O) groups is 2. The van der Waals surface area contributed by atoms with Crippen LogP contribution in [0.5, 0.6) is 0 Å². The van der Waals surface area contributed by atoms with E-state index in [9.17, 15) is 9.59 Å². The number of nitrogens with one attached hydrogen (secondary N) is 1. The molecule has 0 bridgehead atoms. The number of furan rings is 1. The number of rotatable bonds is 5. The van der Waals surface area contributed by atoms with E-state index in [1.54, 1.807) is 17.2 Å². The molecule has 3 rings (SSSR count). The molecule has 0 aliphatic carbocycles. The summed E-state index contributed by atoms with van der Waals surface area (Å²) in [5.41, 5.74) is 5.43. The van der Waals surface area contributed by atoms with Gasteiger partial charge in [-0.05, 0) is 31.5 Å². The van der Waals surface area contributed by atoms with Crippen molar-refractivity contribution in [1.29, 1.82) is 0 Å². The molecular weight excluding hydrogens is 318 g/mol. The predicted molar refractivity (Wildman–Crippen MR) is 93.8 cm³/mol. The Hall–Kier alpha value is -2.89. The molecule has 0 radical (unpaired) electrons. The molecule has 1 unspecified atom stereocenters. The van der Waals surface area contributed by atoms with E-state index >= 15 is 0 Å². The lowest BCUT2D eigenvalue weighted by molar-refractivity contribution is -0.129. The monoisotopic (exact) mass is 339 g/mol. The fourth-order valence-corrected chi connectivity index (χ4v) is 2.78. The number of nitrogens with zero attached hydrogens (tertiary/aromatic N) is 2. The third kappa shape index (κ3) is 4.15. The summed E-state index contributed by atoms with van der Waals surface area (Å²) >= 11 is 0. The molecule has 0 saturated carbocycles. The van der Waals surface area contributed by atoms with E-state index in [1.165, 1.54) is 5.56 Å². The molecule has 1 aromatic heterocycles. The quantitative estimate of drug-likeness (QED) is 0.672. The van der Waals surface area contributed by atoms with Crippen LogP contribution in [-0.4, -0.2) is 29.0 Å². The molecule has 6 heteroatoms. The molecule has 1 aliphatic rings. The third-order valence-electron chi connectivity index (χ3n) is 4.32. The van der Waals surface area contributed by atoms with E-state index in [1.807, 2.05) is 44.2 Å². The Kier molecular flexibility index (Phi) is 4.97. The number of likely N-dealkylation sites (tertiary alicyclic amines) is 1. The van der Waals surface area contributed by atoms with Crippen molar-refractivity contribution in [2.75, 3.05) is 6.54 Å². The van der Waals surface area contributed by atoms with Gasteiger partial charge in [-0.15, -0.1) is 0 Å². The van der Waals surface area contributed by atoms with Crippen molar-refractivity contribution >= 4 is 17.5 Å². The number of carbonyl (C=O) groups excluding carboxylic acids is 2. The molecule has 0 spiro atoms. The first kappa shape index (κ1) is 17.0. The predicted octanol–water partition coefficient (Wildman–Crippen LogP) is 2.48. The highest BCUT2D eigenvalue weighted by Gasteiger charge is 2.34. The Bertz CT molecular complexity index is 779. The largest absolute Gasteiger partial charge is 0.467 e. The van der Waals surface area contributed by atoms with Crippen molar-refractivity contribution in [3.8, 4) is 0 Å². The number of hydrogen-bond acceptors (Lipinski definition) is 4. The van der Waals surface area contributed by atoms with Crippen LogP contribution in [0.15, 0.2) is 52.2 Å². The van der Waals surface area contributed by atoms with Gasteiger partial charge in [0, 0.05) is 13.0 Å². The molecule has 25 heavy (non-hydrogen) atoms. The molecule has 2 heterocycles. The molecule has 2 amide bonds. The van der Waals surface area contributed by atoms with Crippen LogP contribution < -0.4 is 5.43 Å². The summed E-state index contributed by atoms with van der Waals surface area (Å²) in [6, 6.07) is 11.5. The fraction of sp³-hybridized carbons (Fsp3) is 0.316. The Morgan fingerprint density at radius 1 is 1.32 bits per heavy atom. The lowest BCUT2D eigenvalue weighted by Crippen LogP contribution is -2.30. The average molecular weight is 339 g/mol. The highest BCUT2D eigenvalue weighted by Crippen LogP contribution is 2.20. The first-order valence-corrected chi connectivity index (χ1v) is 8.24. The number of aryl methyl sites for hydroxylation is 1. The highest BCUT2D eigenvalue weighted by molar-refractivity contribution is 5.99. The molecular formula is C19H21N3O3. The molecule has 1 saturated heterocycles. The van der Waals surface area contributed by atoms with Gasteiger partial charge in [0.1, 0.15) is 5.76 Å². The van der Waals surface area contributed by atoms with Crippen molar-refractivity contribution in [3.63, 3.8) is 0 Å². The van der Waals surface area contributed by atoms with Gasteiger partial charge >= 0.3 is 0 Å². The summed E-state index contributed by atoms with van der Waals surface area (Å²) in [6.45, 7) is 4.63. The molecule has 1 N–H and O–H groups in total. The molecule has 130 valence electrons. The summed E-state index contributed by atoms with van der Waals surface area (Å²) in [7, 11) is 0. The van der Waals surface area contributed by atoms with E-state index in [0.717, 1.165) is 11.3 Å². The Balaban J connectivity index is 1.57. The van der Waals surface area contributed by atoms with Gasteiger partial charge in [-0.25, -0.2) is 5.43 Å². The van der Waals surface area contributed by atoms with Crippen LogP contribution in [0, 0.1) is 12.8 Å². The molecule has 6 nitrogen and oxygen atoms in total.